The summed E-state index contributed by atoms with van der Waals surface area (Å²) in [6.07, 6.45) is 2.02. The van der Waals surface area contributed by atoms with Crippen LogP contribution in [0.25, 0.3) is 11.4 Å². The van der Waals surface area contributed by atoms with Gasteiger partial charge >= 0.3 is 0 Å². The third kappa shape index (κ3) is 5.23. The van der Waals surface area contributed by atoms with Crippen LogP contribution in [0.4, 0.5) is 0 Å². The summed E-state index contributed by atoms with van der Waals surface area (Å²) in [6, 6.07) is 16.6. The highest BCUT2D eigenvalue weighted by molar-refractivity contribution is 7.99. The van der Waals surface area contributed by atoms with Crippen molar-refractivity contribution < 1.29 is 4.79 Å². The standard InChI is InChI=1S/C22H26N4OS/c1-4-16-6-10-18(11-7-16)15(3)23-20(27)14-28-22-24-21(25-26-22)19-12-8-17(5-2)9-13-19/h6-13,15H,4-5,14H2,1-3H3,(H,23,27)(H,24,25,26)/t15-/m1/s1. The lowest BCUT2D eigenvalue weighted by Crippen LogP contribution is -2.28. The average molecular weight is 395 g/mol. The van der Waals surface area contributed by atoms with Gasteiger partial charge in [0.05, 0.1) is 11.8 Å². The number of aryl methyl sites for hydroxylation is 2. The molecule has 0 aliphatic rings. The maximum Gasteiger partial charge on any atom is 0.230 e. The molecule has 6 heteroatoms. The number of carbonyl (C=O) groups is 1. The summed E-state index contributed by atoms with van der Waals surface area (Å²) in [6.45, 7) is 6.25. The fourth-order valence-corrected chi connectivity index (χ4v) is 3.49. The van der Waals surface area contributed by atoms with Gasteiger partial charge < -0.3 is 5.32 Å². The monoisotopic (exact) mass is 394 g/mol. The molecule has 1 heterocycles. The van der Waals surface area contributed by atoms with Crippen LogP contribution in [0.3, 0.4) is 0 Å². The van der Waals surface area contributed by atoms with Gasteiger partial charge in [-0.05, 0) is 36.5 Å². The van der Waals surface area contributed by atoms with Crippen LogP contribution in [0.15, 0.2) is 53.7 Å². The number of benzene rings is 2. The third-order valence-corrected chi connectivity index (χ3v) is 5.55. The molecule has 0 aliphatic heterocycles. The minimum Gasteiger partial charge on any atom is -0.349 e. The van der Waals surface area contributed by atoms with E-state index in [1.54, 1.807) is 0 Å². The van der Waals surface area contributed by atoms with Crippen LogP contribution in [0.2, 0.25) is 0 Å². The van der Waals surface area contributed by atoms with Gasteiger partial charge in [0.2, 0.25) is 11.1 Å². The Bertz CT molecular complexity index is 903. The van der Waals surface area contributed by atoms with E-state index in [1.165, 1.54) is 22.9 Å². The summed E-state index contributed by atoms with van der Waals surface area (Å²) in [4.78, 5) is 16.8. The number of nitrogens with one attached hydrogen (secondary N) is 2. The van der Waals surface area contributed by atoms with Gasteiger partial charge in [-0.15, -0.1) is 5.10 Å². The van der Waals surface area contributed by atoms with Crippen molar-refractivity contribution in [2.24, 2.45) is 0 Å². The van der Waals surface area contributed by atoms with Gasteiger partial charge in [-0.25, -0.2) is 4.98 Å². The topological polar surface area (TPSA) is 70.7 Å². The molecule has 0 saturated carbocycles. The van der Waals surface area contributed by atoms with Gasteiger partial charge in [-0.3, -0.25) is 9.89 Å². The molecule has 3 aromatic rings. The van der Waals surface area contributed by atoms with Crippen molar-refractivity contribution in [2.45, 2.75) is 44.8 Å². The van der Waals surface area contributed by atoms with Crippen LogP contribution < -0.4 is 5.32 Å². The normalized spacial score (nSPS) is 12.0. The summed E-state index contributed by atoms with van der Waals surface area (Å²) in [7, 11) is 0. The molecular formula is C22H26N4OS. The molecule has 146 valence electrons. The first kappa shape index (κ1) is 20.1. The Kier molecular flexibility index (Phi) is 6.87. The van der Waals surface area contributed by atoms with Crippen molar-refractivity contribution in [3.05, 3.63) is 65.2 Å². The Morgan fingerprint density at radius 3 is 2.25 bits per heavy atom. The Hall–Kier alpha value is -2.60. The highest BCUT2D eigenvalue weighted by Crippen LogP contribution is 2.20. The van der Waals surface area contributed by atoms with Crippen LogP contribution in [-0.4, -0.2) is 26.8 Å². The summed E-state index contributed by atoms with van der Waals surface area (Å²) in [5.74, 6) is 0.967. The SMILES string of the molecule is CCc1ccc(-c2nc(SCC(=O)N[C@H](C)c3ccc(CC)cc3)n[nH]2)cc1. The van der Waals surface area contributed by atoms with Gasteiger partial charge in [0.1, 0.15) is 0 Å². The molecule has 2 N–H and O–H groups in total. The number of thioether (sulfide) groups is 1. The van der Waals surface area contributed by atoms with Gasteiger partial charge in [0.15, 0.2) is 5.82 Å². The number of H-pyrrole nitrogens is 1. The number of carbonyl (C=O) groups excluding carboxylic acids is 1. The molecule has 28 heavy (non-hydrogen) atoms. The maximum absolute atomic E-state index is 12.3. The van der Waals surface area contributed by atoms with Gasteiger partial charge in [-0.1, -0.05) is 74.1 Å². The Morgan fingerprint density at radius 1 is 1.04 bits per heavy atom. The number of rotatable bonds is 8. The number of nitrogens with zero attached hydrogens (tertiary/aromatic N) is 2. The molecule has 0 radical (unpaired) electrons. The van der Waals surface area contributed by atoms with E-state index in [2.05, 4.69) is 70.7 Å². The largest absolute Gasteiger partial charge is 0.349 e. The van der Waals surface area contributed by atoms with Crippen molar-refractivity contribution in [2.75, 3.05) is 5.75 Å². The highest BCUT2D eigenvalue weighted by atomic mass is 32.2. The number of aromatic nitrogens is 3. The van der Waals surface area contributed by atoms with E-state index < -0.39 is 0 Å². The lowest BCUT2D eigenvalue weighted by Gasteiger charge is -2.14. The molecule has 0 unspecified atom stereocenters. The summed E-state index contributed by atoms with van der Waals surface area (Å²) in [5.41, 5.74) is 4.67. The molecule has 1 atom stereocenters. The number of hydrogen-bond donors (Lipinski definition) is 2. The van der Waals surface area contributed by atoms with Crippen molar-refractivity contribution >= 4 is 17.7 Å². The van der Waals surface area contributed by atoms with E-state index in [-0.39, 0.29) is 17.7 Å². The van der Waals surface area contributed by atoms with Crippen LogP contribution in [0, 0.1) is 0 Å². The first-order chi connectivity index (χ1) is 13.6. The molecule has 0 saturated heterocycles. The van der Waals surface area contributed by atoms with E-state index in [0.717, 1.165) is 29.8 Å². The van der Waals surface area contributed by atoms with E-state index >= 15 is 0 Å². The molecule has 0 spiro atoms. The third-order valence-electron chi connectivity index (χ3n) is 4.70. The first-order valence-corrected chi connectivity index (χ1v) is 10.6. The molecular weight excluding hydrogens is 368 g/mol. The minimum absolute atomic E-state index is 0.0289. The average Bonchev–Trinajstić information content (AvgIpc) is 3.21. The number of hydrogen-bond acceptors (Lipinski definition) is 4. The quantitative estimate of drug-likeness (QED) is 0.549. The zero-order valence-corrected chi connectivity index (χ0v) is 17.3. The highest BCUT2D eigenvalue weighted by Gasteiger charge is 2.12. The molecule has 0 bridgehead atoms. The Labute approximate surface area is 170 Å². The Morgan fingerprint density at radius 2 is 1.64 bits per heavy atom. The van der Waals surface area contributed by atoms with Gasteiger partial charge in [0.25, 0.3) is 0 Å². The smallest absolute Gasteiger partial charge is 0.230 e. The molecule has 0 fully saturated rings. The van der Waals surface area contributed by atoms with Crippen LogP contribution in [0.5, 0.6) is 0 Å². The zero-order valence-electron chi connectivity index (χ0n) is 16.5. The molecule has 2 aromatic carbocycles. The fourth-order valence-electron chi connectivity index (χ4n) is 2.88. The predicted octanol–water partition coefficient (Wildman–Crippen LogP) is 4.57. The van der Waals surface area contributed by atoms with Crippen molar-refractivity contribution in [3.8, 4) is 11.4 Å². The minimum atomic E-state index is -0.0317. The van der Waals surface area contributed by atoms with Crippen LogP contribution >= 0.6 is 11.8 Å². The van der Waals surface area contributed by atoms with Crippen molar-refractivity contribution in [1.82, 2.24) is 20.5 Å². The predicted molar refractivity (Wildman–Crippen MR) is 114 cm³/mol. The summed E-state index contributed by atoms with van der Waals surface area (Å²) in [5, 5.41) is 10.8. The van der Waals surface area contributed by atoms with E-state index in [1.807, 2.05) is 19.1 Å². The lowest BCUT2D eigenvalue weighted by molar-refractivity contribution is -0.119. The lowest BCUT2D eigenvalue weighted by atomic mass is 10.1. The van der Waals surface area contributed by atoms with E-state index in [4.69, 9.17) is 0 Å². The summed E-state index contributed by atoms with van der Waals surface area (Å²) < 4.78 is 0. The first-order valence-electron chi connectivity index (χ1n) is 9.61. The molecule has 0 aliphatic carbocycles. The number of amides is 1. The van der Waals surface area contributed by atoms with Gasteiger partial charge in [-0.2, -0.15) is 0 Å². The maximum atomic E-state index is 12.3. The Balaban J connectivity index is 1.52. The molecule has 1 aromatic heterocycles. The van der Waals surface area contributed by atoms with E-state index in [0.29, 0.717) is 5.16 Å². The second kappa shape index (κ2) is 9.55. The summed E-state index contributed by atoms with van der Waals surface area (Å²) >= 11 is 1.33. The fraction of sp³-hybridized carbons (Fsp3) is 0.318. The molecule has 3 rings (SSSR count). The molecule has 5 nitrogen and oxygen atoms in total. The van der Waals surface area contributed by atoms with E-state index in [9.17, 15) is 4.79 Å². The van der Waals surface area contributed by atoms with Crippen molar-refractivity contribution in [1.29, 1.82) is 0 Å². The van der Waals surface area contributed by atoms with Crippen LogP contribution in [0.1, 0.15) is 43.5 Å². The van der Waals surface area contributed by atoms with Crippen LogP contribution in [-0.2, 0) is 17.6 Å². The van der Waals surface area contributed by atoms with Crippen molar-refractivity contribution in [3.63, 3.8) is 0 Å². The number of aromatic amines is 1. The van der Waals surface area contributed by atoms with Gasteiger partial charge in [0, 0.05) is 5.56 Å². The zero-order chi connectivity index (χ0) is 19.9. The second-order valence-corrected chi connectivity index (χ2v) is 7.63. The second-order valence-electron chi connectivity index (χ2n) is 6.69. The molecule has 1 amide bonds.